The van der Waals surface area contributed by atoms with E-state index in [9.17, 15) is 18.0 Å². The maximum Gasteiger partial charge on any atom is 0.255 e. The molecule has 8 heteroatoms. The van der Waals surface area contributed by atoms with Gasteiger partial charge < -0.3 is 10.2 Å². The molecule has 1 heterocycles. The second-order valence-electron chi connectivity index (χ2n) is 5.94. The zero-order chi connectivity index (χ0) is 18.7. The number of nitrogens with one attached hydrogen (secondary N) is 1. The lowest BCUT2D eigenvalue weighted by molar-refractivity contribution is -0.119. The molecule has 0 aromatic heterocycles. The Morgan fingerprint density at radius 2 is 1.73 bits per heavy atom. The minimum Gasteiger partial charge on any atom is -0.324 e. The van der Waals surface area contributed by atoms with Crippen molar-refractivity contribution < 1.29 is 18.0 Å². The fraction of sp³-hybridized carbons (Fsp3) is 0.222. The third-order valence-corrected chi connectivity index (χ3v) is 6.16. The molecule has 0 unspecified atom stereocenters. The molecule has 2 aromatic carbocycles. The van der Waals surface area contributed by atoms with Gasteiger partial charge in [-0.3, -0.25) is 9.59 Å². The highest BCUT2D eigenvalue weighted by Gasteiger charge is 2.35. The topological polar surface area (TPSA) is 83.6 Å². The lowest BCUT2D eigenvalue weighted by Gasteiger charge is -2.23. The Bertz CT molecular complexity index is 912. The monoisotopic (exact) mass is 390 g/mol. The predicted octanol–water partition coefficient (Wildman–Crippen LogP) is 2.24. The van der Waals surface area contributed by atoms with E-state index in [2.05, 4.69) is 5.32 Å². The summed E-state index contributed by atoms with van der Waals surface area (Å²) in [5, 5.41) is 2.76. The number of benzene rings is 2. The van der Waals surface area contributed by atoms with Crippen LogP contribution in [0.2, 0.25) is 0 Å². The number of amides is 2. The lowest BCUT2D eigenvalue weighted by Crippen LogP contribution is -2.44. The van der Waals surface area contributed by atoms with E-state index < -0.39 is 15.9 Å². The van der Waals surface area contributed by atoms with E-state index in [-0.39, 0.29) is 16.7 Å². The Kier molecular flexibility index (Phi) is 5.33. The van der Waals surface area contributed by atoms with Gasteiger partial charge in [0.15, 0.2) is 9.84 Å². The Labute approximate surface area is 156 Å². The van der Waals surface area contributed by atoms with Crippen LogP contribution in [0.3, 0.4) is 0 Å². The van der Waals surface area contributed by atoms with E-state index in [1.807, 2.05) is 6.07 Å². The number of sulfone groups is 1. The van der Waals surface area contributed by atoms with Crippen molar-refractivity contribution in [2.24, 2.45) is 0 Å². The minimum atomic E-state index is -3.28. The summed E-state index contributed by atoms with van der Waals surface area (Å²) in [6.07, 6.45) is 1.13. The number of thioether (sulfide) groups is 1. The van der Waals surface area contributed by atoms with Crippen LogP contribution < -0.4 is 5.32 Å². The van der Waals surface area contributed by atoms with Gasteiger partial charge in [0.05, 0.1) is 10.8 Å². The predicted molar refractivity (Wildman–Crippen MR) is 102 cm³/mol. The molecule has 136 valence electrons. The molecule has 0 bridgehead atoms. The fourth-order valence-electron chi connectivity index (χ4n) is 2.62. The van der Waals surface area contributed by atoms with E-state index in [0.717, 1.165) is 6.26 Å². The molecule has 0 radical (unpaired) electrons. The zero-order valence-corrected chi connectivity index (χ0v) is 15.7. The molecule has 6 nitrogen and oxygen atoms in total. The number of rotatable bonds is 4. The normalized spacial score (nSPS) is 17.1. The van der Waals surface area contributed by atoms with Gasteiger partial charge in [0, 0.05) is 23.3 Å². The number of hydrogen-bond donors (Lipinski definition) is 1. The minimum absolute atomic E-state index is 0.178. The third kappa shape index (κ3) is 4.08. The summed E-state index contributed by atoms with van der Waals surface area (Å²) in [6.45, 7) is 0. The van der Waals surface area contributed by atoms with E-state index in [1.165, 1.54) is 23.9 Å². The molecular weight excluding hydrogens is 372 g/mol. The second kappa shape index (κ2) is 7.51. The van der Waals surface area contributed by atoms with Gasteiger partial charge in [-0.2, -0.15) is 0 Å². The van der Waals surface area contributed by atoms with Gasteiger partial charge in [-0.25, -0.2) is 8.42 Å². The van der Waals surface area contributed by atoms with Crippen LogP contribution in [0.1, 0.15) is 10.4 Å². The van der Waals surface area contributed by atoms with Crippen LogP contribution in [0.4, 0.5) is 5.69 Å². The number of carbonyl (C=O) groups excluding carboxylic acids is 2. The number of hydrogen-bond acceptors (Lipinski definition) is 5. The smallest absolute Gasteiger partial charge is 0.255 e. The first kappa shape index (κ1) is 18.5. The quantitative estimate of drug-likeness (QED) is 0.866. The van der Waals surface area contributed by atoms with Crippen LogP contribution in [0, 0.1) is 0 Å². The highest BCUT2D eigenvalue weighted by Crippen LogP contribution is 2.24. The molecule has 1 saturated heterocycles. The Balaban J connectivity index is 1.71. The molecule has 0 spiro atoms. The van der Waals surface area contributed by atoms with Gasteiger partial charge in [0.1, 0.15) is 6.04 Å². The van der Waals surface area contributed by atoms with Crippen LogP contribution in [0.5, 0.6) is 0 Å². The molecule has 3 rings (SSSR count). The molecule has 1 atom stereocenters. The van der Waals surface area contributed by atoms with E-state index in [1.54, 1.807) is 41.3 Å². The van der Waals surface area contributed by atoms with Crippen molar-refractivity contribution in [3.63, 3.8) is 0 Å². The molecule has 1 aliphatic rings. The summed E-state index contributed by atoms with van der Waals surface area (Å²) in [5.74, 6) is 0.513. The van der Waals surface area contributed by atoms with Crippen LogP contribution in [0.15, 0.2) is 59.5 Å². The van der Waals surface area contributed by atoms with Gasteiger partial charge in [0.25, 0.3) is 5.91 Å². The molecule has 2 aromatic rings. The van der Waals surface area contributed by atoms with Crippen molar-refractivity contribution in [1.29, 1.82) is 0 Å². The van der Waals surface area contributed by atoms with Gasteiger partial charge in [0.2, 0.25) is 5.91 Å². The van der Waals surface area contributed by atoms with Crippen molar-refractivity contribution in [2.45, 2.75) is 10.9 Å². The van der Waals surface area contributed by atoms with Gasteiger partial charge in [-0.05, 0) is 36.4 Å². The Morgan fingerprint density at radius 3 is 2.35 bits per heavy atom. The first-order chi connectivity index (χ1) is 12.4. The largest absolute Gasteiger partial charge is 0.324 e. The third-order valence-electron chi connectivity index (χ3n) is 4.02. The van der Waals surface area contributed by atoms with Gasteiger partial charge in [-0.1, -0.05) is 18.2 Å². The summed E-state index contributed by atoms with van der Waals surface area (Å²) < 4.78 is 23.0. The van der Waals surface area contributed by atoms with E-state index >= 15 is 0 Å². The van der Waals surface area contributed by atoms with Gasteiger partial charge >= 0.3 is 0 Å². The number of carbonyl (C=O) groups is 2. The van der Waals surface area contributed by atoms with Crippen LogP contribution >= 0.6 is 11.8 Å². The molecule has 0 aliphatic carbocycles. The fourth-order valence-corrected chi connectivity index (χ4v) is 4.40. The summed E-state index contributed by atoms with van der Waals surface area (Å²) >= 11 is 1.52. The van der Waals surface area contributed by atoms with Crippen molar-refractivity contribution in [1.82, 2.24) is 4.90 Å². The average Bonchev–Trinajstić information content (AvgIpc) is 3.11. The molecule has 2 amide bonds. The second-order valence-corrected chi connectivity index (χ2v) is 8.96. The average molecular weight is 390 g/mol. The van der Waals surface area contributed by atoms with Crippen molar-refractivity contribution in [3.8, 4) is 0 Å². The molecular formula is C18H18N2O4S2. The first-order valence-corrected chi connectivity index (χ1v) is 11.0. The first-order valence-electron chi connectivity index (χ1n) is 7.91. The molecule has 1 fully saturated rings. The number of nitrogens with zero attached hydrogens (tertiary/aromatic N) is 1. The van der Waals surface area contributed by atoms with Crippen LogP contribution in [-0.2, 0) is 14.6 Å². The van der Waals surface area contributed by atoms with E-state index in [4.69, 9.17) is 0 Å². The number of anilines is 1. The zero-order valence-electron chi connectivity index (χ0n) is 14.1. The van der Waals surface area contributed by atoms with E-state index in [0.29, 0.717) is 22.9 Å². The Morgan fingerprint density at radius 1 is 1.08 bits per heavy atom. The molecule has 1 N–H and O–H groups in total. The van der Waals surface area contributed by atoms with Crippen molar-refractivity contribution >= 4 is 39.1 Å². The van der Waals surface area contributed by atoms with Gasteiger partial charge in [-0.15, -0.1) is 11.8 Å². The SMILES string of the molecule is CS(=O)(=O)c1ccc(NC(=O)[C@@H]2CSCN2C(=O)c2ccccc2)cc1. The highest BCUT2D eigenvalue weighted by atomic mass is 32.2. The standard InChI is InChI=1S/C18H18N2O4S2/c1-26(23,24)15-9-7-14(8-10-15)19-17(21)16-11-25-12-20(16)18(22)13-5-3-2-4-6-13/h2-10,16H,11-12H2,1H3,(H,19,21)/t16-/m0/s1. The lowest BCUT2D eigenvalue weighted by atomic mass is 10.1. The Hall–Kier alpha value is -2.32. The summed E-state index contributed by atoms with van der Waals surface area (Å²) in [5.41, 5.74) is 1.04. The van der Waals surface area contributed by atoms with Crippen molar-refractivity contribution in [3.05, 3.63) is 60.2 Å². The molecule has 26 heavy (non-hydrogen) atoms. The highest BCUT2D eigenvalue weighted by molar-refractivity contribution is 7.99. The maximum absolute atomic E-state index is 12.6. The van der Waals surface area contributed by atoms with Crippen LogP contribution in [-0.4, -0.2) is 49.1 Å². The molecule has 0 saturated carbocycles. The molecule has 1 aliphatic heterocycles. The maximum atomic E-state index is 12.6. The summed E-state index contributed by atoms with van der Waals surface area (Å²) in [4.78, 5) is 27.0. The van der Waals surface area contributed by atoms with Crippen molar-refractivity contribution in [2.75, 3.05) is 23.2 Å². The summed E-state index contributed by atoms with van der Waals surface area (Å²) in [7, 11) is -3.28. The summed E-state index contributed by atoms with van der Waals surface area (Å²) in [6, 6.07) is 14.3. The van der Waals surface area contributed by atoms with Crippen LogP contribution in [0.25, 0.3) is 0 Å².